The second kappa shape index (κ2) is 13.8. The summed E-state index contributed by atoms with van der Waals surface area (Å²) in [6, 6.07) is 17.0. The molecule has 0 radical (unpaired) electrons. The number of esters is 1. The number of aliphatic carboxylic acids is 1. The summed E-state index contributed by atoms with van der Waals surface area (Å²) < 4.78 is 11.0. The first-order chi connectivity index (χ1) is 17.0. The van der Waals surface area contributed by atoms with Crippen LogP contribution in [0.5, 0.6) is 0 Å². The van der Waals surface area contributed by atoms with E-state index in [4.69, 9.17) is 14.6 Å². The average molecular weight is 483 g/mol. The van der Waals surface area contributed by atoms with Crippen LogP contribution >= 0.6 is 0 Å². The van der Waals surface area contributed by atoms with Gasteiger partial charge in [0, 0.05) is 24.9 Å². The maximum atomic E-state index is 12.9. The highest BCUT2D eigenvalue weighted by Crippen LogP contribution is 2.38. The summed E-state index contributed by atoms with van der Waals surface area (Å²) in [5.41, 5.74) is 2.45. The summed E-state index contributed by atoms with van der Waals surface area (Å²) in [6.07, 6.45) is 4.88. The van der Waals surface area contributed by atoms with Gasteiger partial charge < -0.3 is 24.8 Å². The van der Waals surface area contributed by atoms with Gasteiger partial charge in [-0.3, -0.25) is 4.79 Å². The minimum atomic E-state index is -0.989. The molecule has 0 amide bonds. The fourth-order valence-electron chi connectivity index (χ4n) is 4.49. The molecule has 0 unspecified atom stereocenters. The Morgan fingerprint density at radius 2 is 1.69 bits per heavy atom. The molecule has 4 atom stereocenters. The largest absolute Gasteiger partial charge is 0.481 e. The Labute approximate surface area is 206 Å². The van der Waals surface area contributed by atoms with E-state index >= 15 is 0 Å². The molecule has 0 bridgehead atoms. The summed E-state index contributed by atoms with van der Waals surface area (Å²) in [4.78, 5) is 24.2. The molecule has 1 saturated carbocycles. The van der Waals surface area contributed by atoms with Crippen LogP contribution in [0.2, 0.25) is 0 Å². The molecule has 0 aromatic heterocycles. The van der Waals surface area contributed by atoms with Crippen LogP contribution < -0.4 is 0 Å². The zero-order valence-corrected chi connectivity index (χ0v) is 19.8. The lowest BCUT2D eigenvalue weighted by atomic mass is 9.90. The van der Waals surface area contributed by atoms with E-state index in [0.717, 1.165) is 30.4 Å². The molecule has 2 aromatic rings. The Kier molecular flexibility index (Phi) is 10.5. The Morgan fingerprint density at radius 1 is 0.971 bits per heavy atom. The summed E-state index contributed by atoms with van der Waals surface area (Å²) in [7, 11) is 0. The topological polar surface area (TPSA) is 113 Å². The van der Waals surface area contributed by atoms with Gasteiger partial charge in [0.1, 0.15) is 6.10 Å². The number of carbonyl (C=O) groups is 2. The fourth-order valence-corrected chi connectivity index (χ4v) is 4.49. The second-order valence-corrected chi connectivity index (χ2v) is 8.79. The van der Waals surface area contributed by atoms with Crippen LogP contribution in [-0.4, -0.2) is 59.3 Å². The highest BCUT2D eigenvalue weighted by Gasteiger charge is 2.44. The normalized spacial score (nSPS) is 21.9. The molecule has 0 heterocycles. The van der Waals surface area contributed by atoms with Crippen molar-refractivity contribution in [2.75, 3.05) is 19.8 Å². The van der Waals surface area contributed by atoms with Gasteiger partial charge in [-0.2, -0.15) is 0 Å². The summed E-state index contributed by atoms with van der Waals surface area (Å²) >= 11 is 0. The van der Waals surface area contributed by atoms with Crippen molar-refractivity contribution in [3.05, 3.63) is 72.3 Å². The van der Waals surface area contributed by atoms with Gasteiger partial charge in [0.05, 0.1) is 31.3 Å². The number of ether oxygens (including phenoxy) is 2. The highest BCUT2D eigenvalue weighted by molar-refractivity contribution is 5.90. The quantitative estimate of drug-likeness (QED) is 0.224. The molecule has 3 rings (SSSR count). The third-order valence-electron chi connectivity index (χ3n) is 6.29. The van der Waals surface area contributed by atoms with Crippen LogP contribution in [0.4, 0.5) is 0 Å². The lowest BCUT2D eigenvalue weighted by molar-refractivity contribution is -0.139. The molecule has 7 heteroatoms. The van der Waals surface area contributed by atoms with E-state index in [-0.39, 0.29) is 25.4 Å². The molecular formula is C28H34O7. The third kappa shape index (κ3) is 8.02. The van der Waals surface area contributed by atoms with Crippen LogP contribution in [0.3, 0.4) is 0 Å². The van der Waals surface area contributed by atoms with Crippen molar-refractivity contribution in [1.82, 2.24) is 0 Å². The molecule has 3 N–H and O–H groups in total. The van der Waals surface area contributed by atoms with Crippen molar-refractivity contribution in [3.63, 3.8) is 0 Å². The number of aliphatic hydroxyl groups is 2. The maximum absolute atomic E-state index is 12.9. The molecule has 0 aliphatic heterocycles. The van der Waals surface area contributed by atoms with Crippen molar-refractivity contribution in [2.24, 2.45) is 11.8 Å². The van der Waals surface area contributed by atoms with Crippen molar-refractivity contribution in [2.45, 2.75) is 44.3 Å². The molecule has 35 heavy (non-hydrogen) atoms. The standard InChI is InChI=1S/C28H34O7/c29-15-17-34-16-7-2-1-6-10-23-24(18-27(31)32)25(30)19-26(23)35-28(33)22-13-11-21(12-14-22)20-8-4-3-5-9-20/h3-6,8-14,23-26,29-30H,1-2,7,15-19H2,(H,31,32)/t23-,24-,25+,26+/m1/s1. The van der Waals surface area contributed by atoms with Crippen LogP contribution in [0, 0.1) is 11.8 Å². The first-order valence-electron chi connectivity index (χ1n) is 12.1. The van der Waals surface area contributed by atoms with E-state index in [9.17, 15) is 19.8 Å². The van der Waals surface area contributed by atoms with E-state index in [0.29, 0.717) is 18.8 Å². The number of hydrogen-bond acceptors (Lipinski definition) is 6. The average Bonchev–Trinajstić information content (AvgIpc) is 3.14. The van der Waals surface area contributed by atoms with Gasteiger partial charge in [-0.05, 0) is 42.5 Å². The molecule has 7 nitrogen and oxygen atoms in total. The second-order valence-electron chi connectivity index (χ2n) is 8.79. The number of hydrogen-bond donors (Lipinski definition) is 3. The van der Waals surface area contributed by atoms with E-state index in [1.54, 1.807) is 12.1 Å². The summed E-state index contributed by atoms with van der Waals surface area (Å²) in [6.45, 7) is 0.905. The van der Waals surface area contributed by atoms with Crippen molar-refractivity contribution in [1.29, 1.82) is 0 Å². The number of carbonyl (C=O) groups excluding carboxylic acids is 1. The monoisotopic (exact) mass is 482 g/mol. The number of unbranched alkanes of at least 4 members (excludes halogenated alkanes) is 2. The molecule has 188 valence electrons. The van der Waals surface area contributed by atoms with Crippen molar-refractivity contribution < 1.29 is 34.4 Å². The Balaban J connectivity index is 1.62. The van der Waals surface area contributed by atoms with Crippen LogP contribution in [-0.2, 0) is 14.3 Å². The molecule has 1 aliphatic carbocycles. The zero-order valence-electron chi connectivity index (χ0n) is 19.8. The summed E-state index contributed by atoms with van der Waals surface area (Å²) in [5, 5.41) is 28.6. The van der Waals surface area contributed by atoms with E-state index in [1.807, 2.05) is 54.6 Å². The van der Waals surface area contributed by atoms with Crippen LogP contribution in [0.15, 0.2) is 66.7 Å². The van der Waals surface area contributed by atoms with Crippen LogP contribution in [0.1, 0.15) is 42.5 Å². The molecule has 2 aromatic carbocycles. The third-order valence-corrected chi connectivity index (χ3v) is 6.29. The van der Waals surface area contributed by atoms with Gasteiger partial charge in [-0.15, -0.1) is 0 Å². The summed E-state index contributed by atoms with van der Waals surface area (Å²) in [5.74, 6) is -2.37. The predicted molar refractivity (Wildman–Crippen MR) is 132 cm³/mol. The van der Waals surface area contributed by atoms with Crippen molar-refractivity contribution >= 4 is 11.9 Å². The highest BCUT2D eigenvalue weighted by atomic mass is 16.5. The van der Waals surface area contributed by atoms with E-state index < -0.39 is 30.1 Å². The van der Waals surface area contributed by atoms with Gasteiger partial charge >= 0.3 is 11.9 Å². The minimum Gasteiger partial charge on any atom is -0.481 e. The number of rotatable bonds is 13. The molecule has 1 aliphatic rings. The Morgan fingerprint density at radius 3 is 2.37 bits per heavy atom. The molecule has 0 spiro atoms. The Bertz CT molecular complexity index is 955. The number of carboxylic acid groups (broad SMARTS) is 1. The molecule has 1 fully saturated rings. The number of benzene rings is 2. The Hall–Kier alpha value is -3.00. The first kappa shape index (κ1) is 26.6. The fraction of sp³-hybridized carbons (Fsp3) is 0.429. The minimum absolute atomic E-state index is 0.00611. The maximum Gasteiger partial charge on any atom is 0.338 e. The van der Waals surface area contributed by atoms with Crippen LogP contribution in [0.25, 0.3) is 11.1 Å². The lowest BCUT2D eigenvalue weighted by Gasteiger charge is -2.21. The lowest BCUT2D eigenvalue weighted by Crippen LogP contribution is -2.26. The van der Waals surface area contributed by atoms with E-state index in [2.05, 4.69) is 0 Å². The zero-order chi connectivity index (χ0) is 25.0. The van der Waals surface area contributed by atoms with E-state index in [1.165, 1.54) is 0 Å². The number of allylic oxidation sites excluding steroid dienone is 1. The molecular weight excluding hydrogens is 448 g/mol. The predicted octanol–water partition coefficient (Wildman–Crippen LogP) is 4.09. The first-order valence-corrected chi connectivity index (χ1v) is 12.1. The van der Waals surface area contributed by atoms with Gasteiger partial charge in [0.25, 0.3) is 0 Å². The SMILES string of the molecule is O=C(O)C[C@@H]1[C@@H](C=CCCCCOCCO)[C@@H](OC(=O)c2ccc(-c3ccccc3)cc2)C[C@@H]1O. The van der Waals surface area contributed by atoms with Gasteiger partial charge in [0.15, 0.2) is 0 Å². The van der Waals surface area contributed by atoms with Gasteiger partial charge in [0.2, 0.25) is 0 Å². The number of carboxylic acids is 1. The number of aliphatic hydroxyl groups excluding tert-OH is 2. The molecule has 0 saturated heterocycles. The van der Waals surface area contributed by atoms with Crippen molar-refractivity contribution in [3.8, 4) is 11.1 Å². The van der Waals surface area contributed by atoms with Gasteiger partial charge in [-0.1, -0.05) is 54.6 Å². The smallest absolute Gasteiger partial charge is 0.338 e. The van der Waals surface area contributed by atoms with Gasteiger partial charge in [-0.25, -0.2) is 4.79 Å².